The first kappa shape index (κ1) is 24.8. The number of benzene rings is 3. The number of para-hydroxylation sites is 1. The second kappa shape index (κ2) is 11.4. The number of methoxy groups -OCH3 is 2. The van der Waals surface area contributed by atoms with Gasteiger partial charge in [0.2, 0.25) is 5.91 Å². The highest BCUT2D eigenvalue weighted by Gasteiger charge is 2.13. The van der Waals surface area contributed by atoms with Crippen LogP contribution in [-0.2, 0) is 4.79 Å². The average Bonchev–Trinajstić information content (AvgIpc) is 2.80. The number of thiocarbonyl (C=S) groups is 1. The van der Waals surface area contributed by atoms with Gasteiger partial charge in [0.15, 0.2) is 5.11 Å². The molecule has 0 radical (unpaired) electrons. The minimum atomic E-state index is -0.342. The summed E-state index contributed by atoms with van der Waals surface area (Å²) in [4.78, 5) is 24.1. The maximum absolute atomic E-state index is 12.7. The molecular weight excluding hydrogens is 476 g/mol. The molecule has 0 aromatic heterocycles. The maximum Gasteiger partial charge on any atom is 0.257 e. The van der Waals surface area contributed by atoms with Gasteiger partial charge in [-0.1, -0.05) is 23.7 Å². The van der Waals surface area contributed by atoms with Gasteiger partial charge in [-0.05, 0) is 54.7 Å². The Balaban J connectivity index is 1.64. The summed E-state index contributed by atoms with van der Waals surface area (Å²) in [5, 5.41) is 12.3. The van der Waals surface area contributed by atoms with Crippen molar-refractivity contribution in [2.24, 2.45) is 0 Å². The van der Waals surface area contributed by atoms with Crippen LogP contribution in [0.1, 0.15) is 17.3 Å². The van der Waals surface area contributed by atoms with Gasteiger partial charge < -0.3 is 30.7 Å². The van der Waals surface area contributed by atoms with Crippen molar-refractivity contribution in [2.75, 3.05) is 35.5 Å². The fourth-order valence-corrected chi connectivity index (χ4v) is 3.53. The normalized spacial score (nSPS) is 10.1. The molecule has 0 aliphatic rings. The zero-order valence-electron chi connectivity index (χ0n) is 18.7. The van der Waals surface area contributed by atoms with E-state index < -0.39 is 0 Å². The Kier molecular flexibility index (Phi) is 8.29. The van der Waals surface area contributed by atoms with E-state index in [1.165, 1.54) is 21.1 Å². The number of nitrogens with one attached hydrogen (secondary N) is 4. The first-order valence-corrected chi connectivity index (χ1v) is 10.9. The van der Waals surface area contributed by atoms with Crippen molar-refractivity contribution in [3.8, 4) is 11.5 Å². The lowest BCUT2D eigenvalue weighted by molar-refractivity contribution is -0.114. The van der Waals surface area contributed by atoms with Crippen molar-refractivity contribution in [1.82, 2.24) is 0 Å². The molecule has 176 valence electrons. The van der Waals surface area contributed by atoms with Gasteiger partial charge in [0.05, 0.1) is 36.2 Å². The van der Waals surface area contributed by atoms with E-state index in [0.717, 1.165) is 0 Å². The quantitative estimate of drug-likeness (QED) is 0.324. The number of ether oxygens (including phenoxy) is 2. The molecule has 0 unspecified atom stereocenters. The van der Waals surface area contributed by atoms with E-state index >= 15 is 0 Å². The topological polar surface area (TPSA) is 101 Å². The first-order chi connectivity index (χ1) is 16.3. The molecule has 0 saturated heterocycles. The molecule has 0 fully saturated rings. The zero-order chi connectivity index (χ0) is 24.7. The van der Waals surface area contributed by atoms with Crippen LogP contribution < -0.4 is 30.7 Å². The number of amides is 2. The summed E-state index contributed by atoms with van der Waals surface area (Å²) in [7, 11) is 3.06. The highest BCUT2D eigenvalue weighted by atomic mass is 35.5. The van der Waals surface area contributed by atoms with Gasteiger partial charge in [-0.15, -0.1) is 0 Å². The van der Waals surface area contributed by atoms with E-state index in [1.54, 1.807) is 60.7 Å². The van der Waals surface area contributed by atoms with Crippen molar-refractivity contribution < 1.29 is 19.1 Å². The molecule has 0 bridgehead atoms. The maximum atomic E-state index is 12.7. The molecule has 10 heteroatoms. The molecule has 0 atom stereocenters. The van der Waals surface area contributed by atoms with Gasteiger partial charge in [-0.3, -0.25) is 9.59 Å². The Hall–Kier alpha value is -3.82. The average molecular weight is 499 g/mol. The standard InChI is InChI=1S/C24H23ClN4O4S/c1-14(30)26-19-7-5-4-6-17(19)23(31)27-15-8-10-16(11-9-15)28-24(34)29-20-12-18(25)21(32-2)13-22(20)33-3/h4-13H,1-3H3,(H,26,30)(H,27,31)(H2,28,29,34). The van der Waals surface area contributed by atoms with Gasteiger partial charge in [0.25, 0.3) is 5.91 Å². The number of halogens is 1. The fraction of sp³-hybridized carbons (Fsp3) is 0.125. The van der Waals surface area contributed by atoms with Crippen molar-refractivity contribution in [3.63, 3.8) is 0 Å². The number of hydrogen-bond acceptors (Lipinski definition) is 5. The third kappa shape index (κ3) is 6.37. The predicted molar refractivity (Wildman–Crippen MR) is 140 cm³/mol. The van der Waals surface area contributed by atoms with E-state index in [9.17, 15) is 9.59 Å². The van der Waals surface area contributed by atoms with Gasteiger partial charge in [0, 0.05) is 24.4 Å². The summed E-state index contributed by atoms with van der Waals surface area (Å²) >= 11 is 11.6. The molecule has 2 amide bonds. The Bertz CT molecular complexity index is 1220. The molecule has 4 N–H and O–H groups in total. The molecule has 0 heterocycles. The number of carbonyl (C=O) groups excluding carboxylic acids is 2. The summed E-state index contributed by atoms with van der Waals surface area (Å²) in [6.07, 6.45) is 0. The second-order valence-corrected chi connectivity index (χ2v) is 7.84. The van der Waals surface area contributed by atoms with E-state index in [0.29, 0.717) is 49.9 Å². The van der Waals surface area contributed by atoms with Gasteiger partial charge in [-0.2, -0.15) is 0 Å². The molecule has 8 nitrogen and oxygen atoms in total. The van der Waals surface area contributed by atoms with Gasteiger partial charge >= 0.3 is 0 Å². The predicted octanol–water partition coefficient (Wildman–Crippen LogP) is 5.38. The monoisotopic (exact) mass is 498 g/mol. The third-order valence-electron chi connectivity index (χ3n) is 4.61. The van der Waals surface area contributed by atoms with Crippen LogP contribution in [-0.4, -0.2) is 31.1 Å². The van der Waals surface area contributed by atoms with Crippen LogP contribution in [0.15, 0.2) is 60.7 Å². The van der Waals surface area contributed by atoms with Crippen molar-refractivity contribution in [2.45, 2.75) is 6.92 Å². The summed E-state index contributed by atoms with van der Waals surface area (Å²) in [5.41, 5.74) is 2.66. The molecule has 3 rings (SSSR count). The van der Waals surface area contributed by atoms with Gasteiger partial charge in [-0.25, -0.2) is 0 Å². The van der Waals surface area contributed by atoms with Crippen LogP contribution in [0.4, 0.5) is 22.7 Å². The zero-order valence-corrected chi connectivity index (χ0v) is 20.3. The Morgan fingerprint density at radius 1 is 0.794 bits per heavy atom. The van der Waals surface area contributed by atoms with E-state index in [4.69, 9.17) is 33.3 Å². The van der Waals surface area contributed by atoms with Crippen LogP contribution in [0, 0.1) is 0 Å². The molecule has 3 aromatic rings. The molecule has 0 spiro atoms. The minimum Gasteiger partial charge on any atom is -0.495 e. The summed E-state index contributed by atoms with van der Waals surface area (Å²) < 4.78 is 10.6. The Morgan fingerprint density at radius 2 is 1.41 bits per heavy atom. The summed E-state index contributed by atoms with van der Waals surface area (Å²) in [6, 6.07) is 17.1. The fourth-order valence-electron chi connectivity index (χ4n) is 3.06. The van der Waals surface area contributed by atoms with E-state index in [-0.39, 0.29) is 11.8 Å². The molecular formula is C24H23ClN4O4S. The molecule has 34 heavy (non-hydrogen) atoms. The largest absolute Gasteiger partial charge is 0.495 e. The van der Waals surface area contributed by atoms with Crippen LogP contribution in [0.5, 0.6) is 11.5 Å². The lowest BCUT2D eigenvalue weighted by atomic mass is 10.1. The van der Waals surface area contributed by atoms with Crippen LogP contribution >= 0.6 is 23.8 Å². The number of rotatable bonds is 7. The number of hydrogen-bond donors (Lipinski definition) is 4. The molecule has 0 aliphatic heterocycles. The highest BCUT2D eigenvalue weighted by Crippen LogP contribution is 2.36. The first-order valence-electron chi connectivity index (χ1n) is 10.1. The van der Waals surface area contributed by atoms with Crippen LogP contribution in [0.3, 0.4) is 0 Å². The van der Waals surface area contributed by atoms with Crippen LogP contribution in [0.25, 0.3) is 0 Å². The van der Waals surface area contributed by atoms with Gasteiger partial charge in [0.1, 0.15) is 11.5 Å². The highest BCUT2D eigenvalue weighted by molar-refractivity contribution is 7.80. The summed E-state index contributed by atoms with van der Waals surface area (Å²) in [6.45, 7) is 1.39. The Morgan fingerprint density at radius 3 is 2.03 bits per heavy atom. The Labute approximate surface area is 207 Å². The third-order valence-corrected chi connectivity index (χ3v) is 5.10. The van der Waals surface area contributed by atoms with Crippen molar-refractivity contribution in [1.29, 1.82) is 0 Å². The van der Waals surface area contributed by atoms with Crippen molar-refractivity contribution >= 4 is 63.5 Å². The van der Waals surface area contributed by atoms with E-state index in [2.05, 4.69) is 21.3 Å². The molecule has 0 saturated carbocycles. The van der Waals surface area contributed by atoms with Crippen LogP contribution in [0.2, 0.25) is 5.02 Å². The smallest absolute Gasteiger partial charge is 0.257 e. The van der Waals surface area contributed by atoms with E-state index in [1.807, 2.05) is 0 Å². The lowest BCUT2D eigenvalue weighted by Gasteiger charge is -2.15. The SMILES string of the molecule is COc1cc(OC)c(NC(=S)Nc2ccc(NC(=O)c3ccccc3NC(C)=O)cc2)cc1Cl. The second-order valence-electron chi connectivity index (χ2n) is 7.02. The van der Waals surface area contributed by atoms with Crippen molar-refractivity contribution in [3.05, 3.63) is 71.2 Å². The molecule has 3 aromatic carbocycles. The number of carbonyl (C=O) groups is 2. The number of anilines is 4. The molecule has 0 aliphatic carbocycles. The lowest BCUT2D eigenvalue weighted by Crippen LogP contribution is -2.19. The minimum absolute atomic E-state index is 0.255. The summed E-state index contributed by atoms with van der Waals surface area (Å²) in [5.74, 6) is 0.406.